The third-order valence-corrected chi connectivity index (χ3v) is 4.53. The van der Waals surface area contributed by atoms with Crippen LogP contribution in [0.3, 0.4) is 0 Å². The lowest BCUT2D eigenvalue weighted by Gasteiger charge is -2.16. The molecular formula is C19H16ClN5O2. The summed E-state index contributed by atoms with van der Waals surface area (Å²) in [6.07, 6.45) is 0. The first kappa shape index (κ1) is 17.2. The number of urea groups is 1. The minimum atomic E-state index is -0.350. The number of aliphatic imine (C=N–C) groups is 1. The van der Waals surface area contributed by atoms with E-state index >= 15 is 0 Å². The Hall–Kier alpha value is -3.19. The van der Waals surface area contributed by atoms with Gasteiger partial charge in [-0.15, -0.1) is 0 Å². The Labute approximate surface area is 159 Å². The van der Waals surface area contributed by atoms with E-state index in [1.165, 1.54) is 0 Å². The second kappa shape index (κ2) is 6.85. The zero-order valence-electron chi connectivity index (χ0n) is 14.5. The van der Waals surface area contributed by atoms with Crippen molar-refractivity contribution in [2.45, 2.75) is 6.92 Å². The molecule has 0 atom stereocenters. The minimum absolute atomic E-state index is 0.00325. The summed E-state index contributed by atoms with van der Waals surface area (Å²) in [6, 6.07) is 10.7. The monoisotopic (exact) mass is 381 g/mol. The maximum atomic E-state index is 12.1. The molecule has 0 fully saturated rings. The fourth-order valence-electron chi connectivity index (χ4n) is 3.08. The molecule has 2 aromatic carbocycles. The van der Waals surface area contributed by atoms with Crippen LogP contribution in [0.15, 0.2) is 41.4 Å². The zero-order valence-corrected chi connectivity index (χ0v) is 15.2. The summed E-state index contributed by atoms with van der Waals surface area (Å²) in [4.78, 5) is 35.6. The predicted molar refractivity (Wildman–Crippen MR) is 105 cm³/mol. The van der Waals surface area contributed by atoms with E-state index in [2.05, 4.69) is 25.6 Å². The number of anilines is 1. The van der Waals surface area contributed by atoms with E-state index < -0.39 is 0 Å². The third-order valence-electron chi connectivity index (χ3n) is 4.25. The van der Waals surface area contributed by atoms with Gasteiger partial charge in [-0.05, 0) is 19.1 Å². The van der Waals surface area contributed by atoms with E-state index in [0.717, 1.165) is 11.1 Å². The molecule has 0 unspecified atom stereocenters. The number of nitrogens with zero attached hydrogens (tertiary/aromatic N) is 2. The summed E-state index contributed by atoms with van der Waals surface area (Å²) in [5.41, 5.74) is 4.14. The molecule has 27 heavy (non-hydrogen) atoms. The quantitative estimate of drug-likeness (QED) is 0.648. The summed E-state index contributed by atoms with van der Waals surface area (Å²) in [5.74, 6) is 0.299. The molecule has 8 heteroatoms. The number of nitrogens with one attached hydrogen (secondary N) is 3. The number of aromatic nitrogens is 2. The predicted octanol–water partition coefficient (Wildman–Crippen LogP) is 3.39. The average molecular weight is 382 g/mol. The number of Topliss-reactive ketones (excluding diaryl/α,β-unsaturated/α-hetero) is 1. The molecule has 1 aliphatic heterocycles. The Morgan fingerprint density at radius 3 is 2.81 bits per heavy atom. The standard InChI is InChI=1S/C19H16ClN5O2/c1-2-21-19(27)25-18-23-14-8-10(7-13(20)17(14)24-18)16-12-6-4-3-5-11(12)15(26)9-22-16/h3-8H,2,9H2,1H3,(H3,21,23,24,25,27). The SMILES string of the molecule is CCNC(=O)Nc1nc2c(Cl)cc(C3=NCC(=O)c4ccccc43)cc2[nH]1. The number of amides is 2. The van der Waals surface area contributed by atoms with Crippen LogP contribution in [0.2, 0.25) is 5.02 Å². The minimum Gasteiger partial charge on any atom is -0.338 e. The molecule has 0 spiro atoms. The van der Waals surface area contributed by atoms with Crippen molar-refractivity contribution in [3.8, 4) is 0 Å². The number of carbonyl (C=O) groups is 2. The van der Waals surface area contributed by atoms with Crippen LogP contribution in [0, 0.1) is 0 Å². The Bertz CT molecular complexity index is 1100. The molecule has 1 aromatic heterocycles. The number of hydrogen-bond donors (Lipinski definition) is 3. The van der Waals surface area contributed by atoms with Gasteiger partial charge < -0.3 is 10.3 Å². The second-order valence-electron chi connectivity index (χ2n) is 6.06. The Kier molecular flexibility index (Phi) is 4.37. The van der Waals surface area contributed by atoms with Crippen molar-refractivity contribution in [2.75, 3.05) is 18.4 Å². The summed E-state index contributed by atoms with van der Waals surface area (Å²) in [7, 11) is 0. The van der Waals surface area contributed by atoms with Crippen molar-refractivity contribution in [1.29, 1.82) is 0 Å². The summed E-state index contributed by atoms with van der Waals surface area (Å²) < 4.78 is 0. The van der Waals surface area contributed by atoms with Crippen LogP contribution in [0.5, 0.6) is 0 Å². The van der Waals surface area contributed by atoms with Crippen LogP contribution >= 0.6 is 11.6 Å². The van der Waals surface area contributed by atoms with Gasteiger partial charge in [0, 0.05) is 23.2 Å². The zero-order chi connectivity index (χ0) is 19.0. The number of H-pyrrole nitrogens is 1. The molecule has 0 saturated heterocycles. The Morgan fingerprint density at radius 1 is 1.26 bits per heavy atom. The average Bonchev–Trinajstić information content (AvgIpc) is 3.05. The highest BCUT2D eigenvalue weighted by atomic mass is 35.5. The van der Waals surface area contributed by atoms with E-state index in [-0.39, 0.29) is 18.4 Å². The number of fused-ring (bicyclic) bond motifs is 2. The third kappa shape index (κ3) is 3.17. The first-order chi connectivity index (χ1) is 13.1. The van der Waals surface area contributed by atoms with Gasteiger partial charge in [0.25, 0.3) is 0 Å². The maximum absolute atomic E-state index is 12.1. The number of ketones is 1. The largest absolute Gasteiger partial charge is 0.338 e. The Morgan fingerprint density at radius 2 is 2.04 bits per heavy atom. The molecule has 1 aliphatic rings. The molecule has 0 bridgehead atoms. The van der Waals surface area contributed by atoms with Crippen LogP contribution in [0.1, 0.15) is 28.4 Å². The van der Waals surface area contributed by atoms with Gasteiger partial charge in [-0.2, -0.15) is 0 Å². The van der Waals surface area contributed by atoms with Gasteiger partial charge in [-0.3, -0.25) is 15.1 Å². The lowest BCUT2D eigenvalue weighted by molar-refractivity contribution is 0.1000. The van der Waals surface area contributed by atoms with Crippen molar-refractivity contribution in [2.24, 2.45) is 4.99 Å². The molecule has 7 nitrogen and oxygen atoms in total. The highest BCUT2D eigenvalue weighted by Gasteiger charge is 2.22. The smallest absolute Gasteiger partial charge is 0.321 e. The molecule has 0 radical (unpaired) electrons. The van der Waals surface area contributed by atoms with Crippen molar-refractivity contribution in [3.63, 3.8) is 0 Å². The van der Waals surface area contributed by atoms with E-state index in [0.29, 0.717) is 39.8 Å². The van der Waals surface area contributed by atoms with Crippen LogP contribution in [0.4, 0.5) is 10.7 Å². The molecule has 2 heterocycles. The number of rotatable bonds is 3. The Balaban J connectivity index is 1.76. The van der Waals surface area contributed by atoms with E-state index in [1.807, 2.05) is 31.2 Å². The molecule has 0 aliphatic carbocycles. The van der Waals surface area contributed by atoms with Crippen molar-refractivity contribution in [1.82, 2.24) is 15.3 Å². The van der Waals surface area contributed by atoms with Crippen molar-refractivity contribution >= 4 is 46.1 Å². The molecule has 3 aromatic rings. The number of carbonyl (C=O) groups excluding carboxylic acids is 2. The highest BCUT2D eigenvalue weighted by molar-refractivity contribution is 6.36. The summed E-state index contributed by atoms with van der Waals surface area (Å²) >= 11 is 6.42. The van der Waals surface area contributed by atoms with Gasteiger partial charge in [-0.1, -0.05) is 35.9 Å². The maximum Gasteiger partial charge on any atom is 0.321 e. The molecule has 136 valence electrons. The molecule has 0 saturated carbocycles. The number of imidazole rings is 1. The van der Waals surface area contributed by atoms with Crippen molar-refractivity contribution < 1.29 is 9.59 Å². The number of aromatic amines is 1. The normalized spacial score (nSPS) is 13.3. The molecule has 3 N–H and O–H groups in total. The van der Waals surface area contributed by atoms with Gasteiger partial charge in [0.1, 0.15) is 12.1 Å². The topological polar surface area (TPSA) is 99.2 Å². The van der Waals surface area contributed by atoms with Gasteiger partial charge in [-0.25, -0.2) is 9.78 Å². The number of benzene rings is 2. The fourth-order valence-corrected chi connectivity index (χ4v) is 3.35. The lowest BCUT2D eigenvalue weighted by Crippen LogP contribution is -2.28. The molecule has 4 rings (SSSR count). The summed E-state index contributed by atoms with van der Waals surface area (Å²) in [6.45, 7) is 2.44. The number of halogens is 1. The second-order valence-corrected chi connectivity index (χ2v) is 6.46. The van der Waals surface area contributed by atoms with Crippen molar-refractivity contribution in [3.05, 3.63) is 58.1 Å². The molecular weight excluding hydrogens is 366 g/mol. The highest BCUT2D eigenvalue weighted by Crippen LogP contribution is 2.28. The van der Waals surface area contributed by atoms with Crippen LogP contribution in [0.25, 0.3) is 11.0 Å². The lowest BCUT2D eigenvalue weighted by atomic mass is 9.92. The van der Waals surface area contributed by atoms with E-state index in [4.69, 9.17) is 11.6 Å². The van der Waals surface area contributed by atoms with Crippen LogP contribution in [-0.2, 0) is 0 Å². The first-order valence-electron chi connectivity index (χ1n) is 8.48. The van der Waals surface area contributed by atoms with Crippen LogP contribution < -0.4 is 10.6 Å². The van der Waals surface area contributed by atoms with E-state index in [9.17, 15) is 9.59 Å². The van der Waals surface area contributed by atoms with Gasteiger partial charge in [0.2, 0.25) is 5.95 Å². The summed E-state index contributed by atoms with van der Waals surface area (Å²) in [5, 5.41) is 5.70. The van der Waals surface area contributed by atoms with Gasteiger partial charge in [0.15, 0.2) is 5.78 Å². The van der Waals surface area contributed by atoms with Crippen LogP contribution in [-0.4, -0.2) is 40.6 Å². The van der Waals surface area contributed by atoms with E-state index in [1.54, 1.807) is 12.1 Å². The fraction of sp³-hybridized carbons (Fsp3) is 0.158. The number of hydrogen-bond acceptors (Lipinski definition) is 4. The first-order valence-corrected chi connectivity index (χ1v) is 8.86. The van der Waals surface area contributed by atoms with Gasteiger partial charge in [0.05, 0.1) is 16.3 Å². The van der Waals surface area contributed by atoms with Gasteiger partial charge >= 0.3 is 6.03 Å². The molecule has 2 amide bonds.